The molecule has 0 N–H and O–H groups in total. The molecule has 1 aliphatic rings. The number of rotatable bonds is 3. The van der Waals surface area contributed by atoms with Crippen LogP contribution in [-0.4, -0.2) is 34.8 Å². The summed E-state index contributed by atoms with van der Waals surface area (Å²) in [5.41, 5.74) is 0.634. The summed E-state index contributed by atoms with van der Waals surface area (Å²) in [5.74, 6) is 0.850. The number of carbonyl (C=O) groups excluding carboxylic acids is 1. The number of nitrogens with zero attached hydrogens (tertiary/aromatic N) is 2. The zero-order chi connectivity index (χ0) is 12.8. The predicted molar refractivity (Wildman–Crippen MR) is 77.1 cm³/mol. The standard InChI is InChI=1S/C14H16N2OS/c1-2-9-16-10-6-11-18-14(16)15-13(17)12-7-4-3-5-8-12/h2-5,7-8H,1,6,9-11H2. The molecule has 2 rings (SSSR count). The van der Waals surface area contributed by atoms with Crippen LogP contribution in [0.2, 0.25) is 0 Å². The van der Waals surface area contributed by atoms with Crippen LogP contribution in [0.5, 0.6) is 0 Å². The van der Waals surface area contributed by atoms with Gasteiger partial charge in [-0.3, -0.25) is 4.79 Å². The fraction of sp³-hybridized carbons (Fsp3) is 0.286. The molecule has 0 radical (unpaired) electrons. The van der Waals surface area contributed by atoms with Crippen LogP contribution >= 0.6 is 11.8 Å². The van der Waals surface area contributed by atoms with Crippen molar-refractivity contribution in [3.05, 3.63) is 48.6 Å². The zero-order valence-corrected chi connectivity index (χ0v) is 11.0. The molecule has 0 unspecified atom stereocenters. The van der Waals surface area contributed by atoms with Crippen LogP contribution in [0.15, 0.2) is 48.0 Å². The van der Waals surface area contributed by atoms with Gasteiger partial charge in [-0.25, -0.2) is 0 Å². The highest BCUT2D eigenvalue weighted by molar-refractivity contribution is 8.13. The number of thioether (sulfide) groups is 1. The number of benzene rings is 1. The van der Waals surface area contributed by atoms with Gasteiger partial charge in [-0.2, -0.15) is 4.99 Å². The number of amidine groups is 1. The van der Waals surface area contributed by atoms with Crippen molar-refractivity contribution in [3.63, 3.8) is 0 Å². The predicted octanol–water partition coefficient (Wildman–Crippen LogP) is 2.81. The summed E-state index contributed by atoms with van der Waals surface area (Å²) in [6.45, 7) is 5.42. The van der Waals surface area contributed by atoms with Gasteiger partial charge in [0.25, 0.3) is 5.91 Å². The minimum absolute atomic E-state index is 0.172. The van der Waals surface area contributed by atoms with Crippen LogP contribution in [0, 0.1) is 0 Å². The van der Waals surface area contributed by atoms with Gasteiger partial charge in [0.2, 0.25) is 0 Å². The number of hydrogen-bond acceptors (Lipinski definition) is 2. The highest BCUT2D eigenvalue weighted by Gasteiger charge is 2.17. The average molecular weight is 260 g/mol. The van der Waals surface area contributed by atoms with E-state index in [4.69, 9.17) is 0 Å². The van der Waals surface area contributed by atoms with Crippen LogP contribution < -0.4 is 0 Å². The van der Waals surface area contributed by atoms with Crippen LogP contribution in [0.25, 0.3) is 0 Å². The molecule has 1 aliphatic heterocycles. The Morgan fingerprint density at radius 1 is 1.44 bits per heavy atom. The minimum atomic E-state index is -0.172. The molecule has 1 heterocycles. The van der Waals surface area contributed by atoms with Gasteiger partial charge in [0.05, 0.1) is 0 Å². The van der Waals surface area contributed by atoms with Crippen molar-refractivity contribution in [2.45, 2.75) is 6.42 Å². The van der Waals surface area contributed by atoms with E-state index < -0.39 is 0 Å². The van der Waals surface area contributed by atoms with E-state index in [2.05, 4.69) is 16.5 Å². The van der Waals surface area contributed by atoms with E-state index in [1.807, 2.05) is 24.3 Å². The maximum atomic E-state index is 12.0. The third-order valence-corrected chi connectivity index (χ3v) is 3.74. The maximum Gasteiger partial charge on any atom is 0.279 e. The molecule has 1 aromatic carbocycles. The molecule has 1 aromatic rings. The van der Waals surface area contributed by atoms with Gasteiger partial charge in [-0.05, 0) is 18.6 Å². The Bertz CT molecular complexity index is 456. The largest absolute Gasteiger partial charge is 0.347 e. The van der Waals surface area contributed by atoms with Crippen molar-refractivity contribution in [2.75, 3.05) is 18.8 Å². The number of carbonyl (C=O) groups is 1. The van der Waals surface area contributed by atoms with Crippen LogP contribution in [0.4, 0.5) is 0 Å². The van der Waals surface area contributed by atoms with Gasteiger partial charge >= 0.3 is 0 Å². The van der Waals surface area contributed by atoms with E-state index in [9.17, 15) is 4.79 Å². The van der Waals surface area contributed by atoms with Crippen LogP contribution in [0.3, 0.4) is 0 Å². The lowest BCUT2D eigenvalue weighted by Gasteiger charge is -2.28. The Morgan fingerprint density at radius 3 is 2.94 bits per heavy atom. The van der Waals surface area contributed by atoms with Crippen LogP contribution in [0.1, 0.15) is 16.8 Å². The molecule has 0 aliphatic carbocycles. The molecule has 0 atom stereocenters. The van der Waals surface area contributed by atoms with Gasteiger partial charge in [0.15, 0.2) is 5.17 Å². The molecule has 1 fully saturated rings. The second-order valence-electron chi connectivity index (χ2n) is 4.00. The van der Waals surface area contributed by atoms with Crippen molar-refractivity contribution in [1.29, 1.82) is 0 Å². The fourth-order valence-corrected chi connectivity index (χ4v) is 2.72. The number of aliphatic imine (C=N–C) groups is 1. The Morgan fingerprint density at radius 2 is 2.22 bits per heavy atom. The summed E-state index contributed by atoms with van der Waals surface area (Å²) in [6, 6.07) is 9.17. The summed E-state index contributed by atoms with van der Waals surface area (Å²) in [6.07, 6.45) is 2.96. The first-order chi connectivity index (χ1) is 8.81. The lowest BCUT2D eigenvalue weighted by Crippen LogP contribution is -2.34. The molecule has 18 heavy (non-hydrogen) atoms. The molecular formula is C14H16N2OS. The van der Waals surface area contributed by atoms with Gasteiger partial charge in [-0.1, -0.05) is 36.0 Å². The molecule has 0 saturated carbocycles. The summed E-state index contributed by atoms with van der Waals surface area (Å²) < 4.78 is 0. The van der Waals surface area contributed by atoms with E-state index in [0.717, 1.165) is 30.4 Å². The lowest BCUT2D eigenvalue weighted by molar-refractivity contribution is 0.100. The SMILES string of the molecule is C=CCN1CCCSC1=NC(=O)c1ccccc1. The molecule has 94 valence electrons. The first-order valence-corrected chi connectivity index (χ1v) is 6.96. The van der Waals surface area contributed by atoms with Gasteiger partial charge < -0.3 is 4.90 Å². The Hall–Kier alpha value is -1.55. The first-order valence-electron chi connectivity index (χ1n) is 5.98. The van der Waals surface area contributed by atoms with E-state index >= 15 is 0 Å². The molecule has 4 heteroatoms. The highest BCUT2D eigenvalue weighted by atomic mass is 32.2. The van der Waals surface area contributed by atoms with Crippen molar-refractivity contribution in [2.24, 2.45) is 4.99 Å². The number of amides is 1. The normalized spacial score (nSPS) is 17.8. The minimum Gasteiger partial charge on any atom is -0.347 e. The summed E-state index contributed by atoms with van der Waals surface area (Å²) >= 11 is 1.64. The Balaban J connectivity index is 2.15. The van der Waals surface area contributed by atoms with Gasteiger partial charge in [0.1, 0.15) is 0 Å². The first kappa shape index (κ1) is 12.9. The molecule has 3 nitrogen and oxygen atoms in total. The van der Waals surface area contributed by atoms with Crippen molar-refractivity contribution >= 4 is 22.8 Å². The van der Waals surface area contributed by atoms with E-state index in [1.54, 1.807) is 23.9 Å². The monoisotopic (exact) mass is 260 g/mol. The summed E-state index contributed by atoms with van der Waals surface area (Å²) in [7, 11) is 0. The Kier molecular flexibility index (Phi) is 4.59. The van der Waals surface area contributed by atoms with E-state index in [0.29, 0.717) is 5.56 Å². The second-order valence-corrected chi connectivity index (χ2v) is 5.06. The molecule has 1 saturated heterocycles. The quantitative estimate of drug-likeness (QED) is 0.783. The van der Waals surface area contributed by atoms with Crippen molar-refractivity contribution < 1.29 is 4.79 Å². The fourth-order valence-electron chi connectivity index (χ4n) is 1.77. The molecule has 0 aromatic heterocycles. The van der Waals surface area contributed by atoms with Crippen molar-refractivity contribution in [3.8, 4) is 0 Å². The van der Waals surface area contributed by atoms with Crippen molar-refractivity contribution in [1.82, 2.24) is 4.90 Å². The average Bonchev–Trinajstić information content (AvgIpc) is 2.42. The lowest BCUT2D eigenvalue weighted by atomic mass is 10.2. The van der Waals surface area contributed by atoms with E-state index in [-0.39, 0.29) is 5.91 Å². The molecule has 0 bridgehead atoms. The van der Waals surface area contributed by atoms with Gasteiger partial charge in [-0.15, -0.1) is 6.58 Å². The summed E-state index contributed by atoms with van der Waals surface area (Å²) in [5, 5.41) is 0.815. The summed E-state index contributed by atoms with van der Waals surface area (Å²) in [4.78, 5) is 18.3. The topological polar surface area (TPSA) is 32.7 Å². The van der Waals surface area contributed by atoms with Gasteiger partial charge in [0, 0.05) is 24.4 Å². The highest BCUT2D eigenvalue weighted by Crippen LogP contribution is 2.18. The second kappa shape index (κ2) is 6.40. The molecule has 1 amide bonds. The molecular weight excluding hydrogens is 244 g/mol. The van der Waals surface area contributed by atoms with E-state index in [1.165, 1.54) is 0 Å². The van der Waals surface area contributed by atoms with Crippen LogP contribution in [-0.2, 0) is 0 Å². The third kappa shape index (κ3) is 3.23. The smallest absolute Gasteiger partial charge is 0.279 e. The maximum absolute atomic E-state index is 12.0. The number of hydrogen-bond donors (Lipinski definition) is 0. The molecule has 0 spiro atoms. The zero-order valence-electron chi connectivity index (χ0n) is 10.2. The Labute approximate surface area is 112 Å². The third-order valence-electron chi connectivity index (χ3n) is 2.64.